The Morgan fingerprint density at radius 3 is 2.39 bits per heavy atom. The molecule has 1 aliphatic heterocycles. The van der Waals surface area contributed by atoms with Gasteiger partial charge in [-0.1, -0.05) is 57.2 Å². The number of nitrogens with one attached hydrogen (secondary N) is 1. The lowest BCUT2D eigenvalue weighted by Crippen LogP contribution is -2.56. The molecule has 2 aliphatic rings. The molecule has 0 aromatic heterocycles. The number of benzene rings is 2. The van der Waals surface area contributed by atoms with E-state index >= 15 is 0 Å². The smallest absolute Gasteiger partial charge is 0.410 e. The minimum absolute atomic E-state index is 0.00521. The van der Waals surface area contributed by atoms with Gasteiger partial charge >= 0.3 is 12.2 Å². The monoisotopic (exact) mass is 608 g/mol. The van der Waals surface area contributed by atoms with Crippen LogP contribution in [0.25, 0.3) is 0 Å². The second kappa shape index (κ2) is 13.0. The number of ether oxygens (including phenoxy) is 2. The lowest BCUT2D eigenvalue weighted by Gasteiger charge is -2.53. The number of hydrogen-bond donors (Lipinski definition) is 1. The lowest BCUT2D eigenvalue weighted by atomic mass is 9.61. The number of nitro benzene ring substituents is 1. The zero-order chi connectivity index (χ0) is 32.3. The number of amides is 2. The molecule has 10 nitrogen and oxygen atoms in total. The average Bonchev–Trinajstić information content (AvgIpc) is 2.93. The van der Waals surface area contributed by atoms with Gasteiger partial charge in [-0.05, 0) is 81.4 Å². The Hall–Kier alpha value is -3.82. The molecule has 4 rings (SSSR count). The summed E-state index contributed by atoms with van der Waals surface area (Å²) in [5.41, 5.74) is 1.20. The van der Waals surface area contributed by atoms with Crippen LogP contribution in [0.5, 0.6) is 0 Å². The van der Waals surface area contributed by atoms with Crippen LogP contribution >= 0.6 is 0 Å². The van der Waals surface area contributed by atoms with Gasteiger partial charge in [0.15, 0.2) is 0 Å². The van der Waals surface area contributed by atoms with E-state index < -0.39 is 11.7 Å². The number of nitrogens with zero attached hydrogens (tertiary/aromatic N) is 3. The molecule has 2 aromatic rings. The molecular weight excluding hydrogens is 560 g/mol. The fourth-order valence-corrected chi connectivity index (χ4v) is 6.11. The summed E-state index contributed by atoms with van der Waals surface area (Å²) < 4.78 is 11.3. The first kappa shape index (κ1) is 33.1. The molecule has 1 atom stereocenters. The van der Waals surface area contributed by atoms with Gasteiger partial charge in [-0.2, -0.15) is 0 Å². The van der Waals surface area contributed by atoms with Crippen molar-refractivity contribution >= 4 is 23.6 Å². The van der Waals surface area contributed by atoms with Gasteiger partial charge in [0.2, 0.25) is 0 Å². The van der Waals surface area contributed by atoms with Crippen LogP contribution in [0.4, 0.5) is 21.0 Å². The van der Waals surface area contributed by atoms with Crippen LogP contribution in [0.3, 0.4) is 0 Å². The molecule has 0 radical (unpaired) electrons. The van der Waals surface area contributed by atoms with Gasteiger partial charge < -0.3 is 24.6 Å². The van der Waals surface area contributed by atoms with Crippen LogP contribution in [0.1, 0.15) is 85.3 Å². The topological polar surface area (TPSA) is 114 Å². The molecule has 1 N–H and O–H groups in total. The Kier molecular flexibility index (Phi) is 9.80. The summed E-state index contributed by atoms with van der Waals surface area (Å²) in [5, 5.41) is 15.6. The second-order valence-corrected chi connectivity index (χ2v) is 14.6. The molecule has 1 aliphatic carbocycles. The van der Waals surface area contributed by atoms with Crippen LogP contribution in [-0.2, 0) is 22.6 Å². The zero-order valence-corrected chi connectivity index (χ0v) is 27.2. The minimum Gasteiger partial charge on any atom is -0.445 e. The number of carbonyl (C=O) groups is 2. The molecule has 2 aromatic carbocycles. The second-order valence-electron chi connectivity index (χ2n) is 14.6. The van der Waals surface area contributed by atoms with Crippen molar-refractivity contribution in [3.63, 3.8) is 0 Å². The number of rotatable bonds is 8. The Morgan fingerprint density at radius 2 is 1.77 bits per heavy atom. The molecule has 1 saturated heterocycles. The number of likely N-dealkylation sites (tertiary alicyclic amines) is 1. The van der Waals surface area contributed by atoms with Crippen molar-refractivity contribution in [2.75, 3.05) is 18.4 Å². The Balaban J connectivity index is 1.43. The van der Waals surface area contributed by atoms with E-state index in [0.29, 0.717) is 24.3 Å². The van der Waals surface area contributed by atoms with E-state index in [1.165, 1.54) is 0 Å². The van der Waals surface area contributed by atoms with Gasteiger partial charge in [-0.25, -0.2) is 9.59 Å². The third kappa shape index (κ3) is 8.42. The first-order valence-electron chi connectivity index (χ1n) is 15.5. The molecule has 0 unspecified atom stereocenters. The minimum atomic E-state index is -0.541. The molecular formula is C34H48N4O6. The van der Waals surface area contributed by atoms with Gasteiger partial charge in [0.25, 0.3) is 5.69 Å². The summed E-state index contributed by atoms with van der Waals surface area (Å²) in [6, 6.07) is 14.5. The highest BCUT2D eigenvalue weighted by Crippen LogP contribution is 2.49. The summed E-state index contributed by atoms with van der Waals surface area (Å²) in [7, 11) is 0. The summed E-state index contributed by atoms with van der Waals surface area (Å²) in [6.45, 7) is 15.4. The molecule has 1 saturated carbocycles. The van der Waals surface area contributed by atoms with Crippen molar-refractivity contribution in [1.29, 1.82) is 0 Å². The summed E-state index contributed by atoms with van der Waals surface area (Å²) in [5.74, 6) is 0. The molecule has 2 fully saturated rings. The fraction of sp³-hybridized carbons (Fsp3) is 0.588. The highest BCUT2D eigenvalue weighted by Gasteiger charge is 2.48. The largest absolute Gasteiger partial charge is 0.445 e. The van der Waals surface area contributed by atoms with E-state index in [2.05, 4.69) is 26.1 Å². The molecule has 1 spiro atoms. The first-order chi connectivity index (χ1) is 20.6. The standard InChI is InChI=1S/C34H48N4O6/c1-24(32(2,3)4)37(31(40)43-22-25-12-9-8-10-13-25)21-26-14-15-28(29(18-26)38(41)42)35-27-19-34(20-27)16-11-17-36(23-34)30(39)44-33(5,6)7/h8-10,12-15,18,24,27,35H,11,16-17,19-23H2,1-7H3/t24-,27?,34?/m0/s1. The van der Waals surface area contributed by atoms with Crippen LogP contribution in [0.2, 0.25) is 0 Å². The van der Waals surface area contributed by atoms with E-state index in [4.69, 9.17) is 9.47 Å². The summed E-state index contributed by atoms with van der Waals surface area (Å²) >= 11 is 0. The predicted octanol–water partition coefficient (Wildman–Crippen LogP) is 7.76. The molecule has 44 heavy (non-hydrogen) atoms. The lowest BCUT2D eigenvalue weighted by molar-refractivity contribution is -0.384. The number of carbonyl (C=O) groups excluding carboxylic acids is 2. The summed E-state index contributed by atoms with van der Waals surface area (Å²) in [4.78, 5) is 41.2. The molecule has 2 amide bonds. The van der Waals surface area contributed by atoms with E-state index in [9.17, 15) is 19.7 Å². The van der Waals surface area contributed by atoms with Gasteiger partial charge in [0, 0.05) is 37.8 Å². The van der Waals surface area contributed by atoms with Crippen molar-refractivity contribution in [2.24, 2.45) is 10.8 Å². The van der Waals surface area contributed by atoms with Gasteiger partial charge in [0.1, 0.15) is 17.9 Å². The van der Waals surface area contributed by atoms with E-state index in [1.54, 1.807) is 21.9 Å². The highest BCUT2D eigenvalue weighted by atomic mass is 16.6. The maximum atomic E-state index is 13.3. The van der Waals surface area contributed by atoms with Crippen molar-refractivity contribution in [1.82, 2.24) is 9.80 Å². The maximum absolute atomic E-state index is 13.3. The van der Waals surface area contributed by atoms with Gasteiger partial charge in [-0.3, -0.25) is 10.1 Å². The number of anilines is 1. The average molecular weight is 609 g/mol. The third-order valence-corrected chi connectivity index (χ3v) is 8.80. The van der Waals surface area contributed by atoms with Gasteiger partial charge in [-0.15, -0.1) is 0 Å². The quantitative estimate of drug-likeness (QED) is 0.241. The Bertz CT molecular complexity index is 1330. The first-order valence-corrected chi connectivity index (χ1v) is 15.5. The molecule has 0 bridgehead atoms. The zero-order valence-electron chi connectivity index (χ0n) is 27.2. The van der Waals surface area contributed by atoms with Gasteiger partial charge in [0.05, 0.1) is 4.92 Å². The molecule has 10 heteroatoms. The SMILES string of the molecule is C[C@H](N(Cc1ccc(NC2CC3(CCCN(C(=O)OC(C)(C)C)C3)C2)c([N+](=O)[O-])c1)C(=O)OCc1ccccc1)C(C)(C)C. The van der Waals surface area contributed by atoms with Crippen LogP contribution in [-0.4, -0.2) is 57.7 Å². The number of hydrogen-bond acceptors (Lipinski definition) is 7. The maximum Gasteiger partial charge on any atom is 0.410 e. The Morgan fingerprint density at radius 1 is 1.09 bits per heavy atom. The summed E-state index contributed by atoms with van der Waals surface area (Å²) in [6.07, 6.45) is 2.85. The van der Waals surface area contributed by atoms with Crippen molar-refractivity contribution in [2.45, 2.75) is 105 Å². The van der Waals surface area contributed by atoms with Crippen LogP contribution in [0, 0.1) is 20.9 Å². The fourth-order valence-electron chi connectivity index (χ4n) is 6.11. The predicted molar refractivity (Wildman–Crippen MR) is 170 cm³/mol. The van der Waals surface area contributed by atoms with E-state index in [0.717, 1.165) is 31.2 Å². The highest BCUT2D eigenvalue weighted by molar-refractivity contribution is 5.69. The number of piperidine rings is 1. The van der Waals surface area contributed by atoms with Crippen molar-refractivity contribution in [3.8, 4) is 0 Å². The normalized spacial score (nSPS) is 20.8. The van der Waals surface area contributed by atoms with Crippen molar-refractivity contribution < 1.29 is 24.0 Å². The van der Waals surface area contributed by atoms with E-state index in [1.807, 2.05) is 64.1 Å². The van der Waals surface area contributed by atoms with Crippen LogP contribution < -0.4 is 5.32 Å². The van der Waals surface area contributed by atoms with Crippen LogP contribution in [0.15, 0.2) is 48.5 Å². The Labute approximate surface area is 261 Å². The molecule has 1 heterocycles. The third-order valence-electron chi connectivity index (χ3n) is 8.80. The van der Waals surface area contributed by atoms with E-state index in [-0.39, 0.29) is 52.8 Å². The van der Waals surface area contributed by atoms with Crippen molar-refractivity contribution in [3.05, 3.63) is 69.8 Å². The molecule has 240 valence electrons. The number of nitro groups is 1.